The molecule has 4 rings (SSSR count). The molecule has 0 saturated carbocycles. The quantitative estimate of drug-likeness (QED) is 0.524. The fourth-order valence-electron chi connectivity index (χ4n) is 4.12. The molecule has 30 heavy (non-hydrogen) atoms. The molecule has 1 aliphatic carbocycles. The van der Waals surface area contributed by atoms with Crippen LogP contribution in [0.4, 0.5) is 5.82 Å². The topological polar surface area (TPSA) is 84.1 Å². The second-order valence-corrected chi connectivity index (χ2v) is 9.22. The minimum Gasteiger partial charge on any atom is -0.496 e. The fraction of sp³-hybridized carbons (Fsp3) is 0.435. The van der Waals surface area contributed by atoms with Crippen LogP contribution in [0.25, 0.3) is 0 Å². The summed E-state index contributed by atoms with van der Waals surface area (Å²) in [6, 6.07) is 7.59. The van der Waals surface area contributed by atoms with Crippen LogP contribution in [0.2, 0.25) is 0 Å². The van der Waals surface area contributed by atoms with E-state index in [4.69, 9.17) is 9.72 Å². The standard InChI is InChI=1S/C23H27N3O3S/c1-13(2)11-12-30-23-25-21-20(22(28)26-23)18(14-7-4-5-10-17(14)29-3)19-15(24-21)8-6-9-16(19)27/h4-5,7,10,13,18H,6,8-9,11-12H2,1-3H3,(H2,24,25,26,28). The number of ether oxygens (including phenoxy) is 1. The lowest BCUT2D eigenvalue weighted by atomic mass is 9.76. The molecular weight excluding hydrogens is 398 g/mol. The highest BCUT2D eigenvalue weighted by Crippen LogP contribution is 2.45. The monoisotopic (exact) mass is 425 g/mol. The molecular formula is C23H27N3O3S. The molecule has 0 saturated heterocycles. The highest BCUT2D eigenvalue weighted by molar-refractivity contribution is 7.99. The van der Waals surface area contributed by atoms with Crippen molar-refractivity contribution < 1.29 is 9.53 Å². The summed E-state index contributed by atoms with van der Waals surface area (Å²) in [6.07, 6.45) is 3.12. The summed E-state index contributed by atoms with van der Waals surface area (Å²) >= 11 is 1.56. The van der Waals surface area contributed by atoms with E-state index in [0.717, 1.165) is 36.3 Å². The zero-order chi connectivity index (χ0) is 21.3. The van der Waals surface area contributed by atoms with E-state index in [-0.39, 0.29) is 11.3 Å². The van der Waals surface area contributed by atoms with Gasteiger partial charge in [-0.1, -0.05) is 43.8 Å². The summed E-state index contributed by atoms with van der Waals surface area (Å²) in [5, 5.41) is 3.93. The number of para-hydroxylation sites is 1. The summed E-state index contributed by atoms with van der Waals surface area (Å²) in [4.78, 5) is 33.8. The first kappa shape index (κ1) is 20.7. The van der Waals surface area contributed by atoms with Gasteiger partial charge in [0.25, 0.3) is 5.56 Å². The van der Waals surface area contributed by atoms with E-state index in [9.17, 15) is 9.59 Å². The smallest absolute Gasteiger partial charge is 0.257 e. The average molecular weight is 426 g/mol. The van der Waals surface area contributed by atoms with E-state index < -0.39 is 5.92 Å². The van der Waals surface area contributed by atoms with E-state index in [0.29, 0.717) is 40.2 Å². The second-order valence-electron chi connectivity index (χ2n) is 8.13. The third-order valence-electron chi connectivity index (χ3n) is 5.62. The fourth-order valence-corrected chi connectivity index (χ4v) is 5.22. The molecule has 0 bridgehead atoms. The van der Waals surface area contributed by atoms with Crippen molar-refractivity contribution in [1.29, 1.82) is 0 Å². The van der Waals surface area contributed by atoms with E-state index in [1.165, 1.54) is 0 Å². The lowest BCUT2D eigenvalue weighted by Gasteiger charge is -2.33. The number of aromatic amines is 1. The number of carbonyl (C=O) groups is 1. The number of methoxy groups -OCH3 is 1. The number of Topliss-reactive ketones (excluding diaryl/α,β-unsaturated/α-hetero) is 1. The van der Waals surface area contributed by atoms with Gasteiger partial charge in [0.1, 0.15) is 11.6 Å². The summed E-state index contributed by atoms with van der Waals surface area (Å²) in [6.45, 7) is 4.36. The molecule has 1 aliphatic heterocycles. The van der Waals surface area contributed by atoms with Gasteiger partial charge in [-0.2, -0.15) is 0 Å². The summed E-state index contributed by atoms with van der Waals surface area (Å²) < 4.78 is 5.58. The third-order valence-corrected chi connectivity index (χ3v) is 6.53. The van der Waals surface area contributed by atoms with E-state index in [2.05, 4.69) is 24.1 Å². The zero-order valence-corrected chi connectivity index (χ0v) is 18.4. The number of hydrogen-bond acceptors (Lipinski definition) is 6. The molecule has 2 N–H and O–H groups in total. The normalized spacial score (nSPS) is 18.1. The van der Waals surface area contributed by atoms with Gasteiger partial charge in [-0.25, -0.2) is 4.98 Å². The Bertz CT molecular complexity index is 1060. The number of nitrogens with one attached hydrogen (secondary N) is 2. The summed E-state index contributed by atoms with van der Waals surface area (Å²) in [5.41, 5.74) is 2.65. The van der Waals surface area contributed by atoms with Crippen molar-refractivity contribution in [2.24, 2.45) is 5.92 Å². The highest BCUT2D eigenvalue weighted by Gasteiger charge is 2.39. The number of fused-ring (bicyclic) bond motifs is 1. The molecule has 0 amide bonds. The first-order valence-corrected chi connectivity index (χ1v) is 11.4. The number of carbonyl (C=O) groups excluding carboxylic acids is 1. The van der Waals surface area contributed by atoms with Crippen molar-refractivity contribution in [2.75, 3.05) is 18.2 Å². The molecule has 6 nitrogen and oxygen atoms in total. The van der Waals surface area contributed by atoms with E-state index in [1.54, 1.807) is 18.9 Å². The highest BCUT2D eigenvalue weighted by atomic mass is 32.2. The van der Waals surface area contributed by atoms with Crippen LogP contribution in [-0.4, -0.2) is 28.6 Å². The molecule has 2 aliphatic rings. The number of allylic oxidation sites excluding steroid dienone is 2. The molecule has 2 heterocycles. The van der Waals surface area contributed by atoms with Crippen LogP contribution in [0.15, 0.2) is 45.5 Å². The van der Waals surface area contributed by atoms with Gasteiger partial charge in [0, 0.05) is 29.0 Å². The van der Waals surface area contributed by atoms with E-state index >= 15 is 0 Å². The summed E-state index contributed by atoms with van der Waals surface area (Å²) in [5.74, 6) is 2.30. The van der Waals surface area contributed by atoms with E-state index in [1.807, 2.05) is 24.3 Å². The molecule has 0 spiro atoms. The van der Waals surface area contributed by atoms with Gasteiger partial charge in [-0.05, 0) is 31.2 Å². The number of H-pyrrole nitrogens is 1. The number of ketones is 1. The Labute approximate surface area is 180 Å². The Hall–Kier alpha value is -2.54. The Morgan fingerprint density at radius 1 is 1.23 bits per heavy atom. The molecule has 7 heteroatoms. The number of nitrogens with zero attached hydrogens (tertiary/aromatic N) is 1. The van der Waals surface area contributed by atoms with Gasteiger partial charge in [0.15, 0.2) is 10.9 Å². The number of anilines is 1. The minimum absolute atomic E-state index is 0.0834. The minimum atomic E-state index is -0.480. The Kier molecular flexibility index (Phi) is 5.99. The molecule has 1 unspecified atom stereocenters. The van der Waals surface area contributed by atoms with Crippen molar-refractivity contribution in [3.8, 4) is 5.75 Å². The second kappa shape index (κ2) is 8.68. The molecule has 158 valence electrons. The first-order valence-electron chi connectivity index (χ1n) is 10.4. The number of rotatable bonds is 6. The van der Waals surface area contributed by atoms with Crippen molar-refractivity contribution >= 4 is 23.4 Å². The Morgan fingerprint density at radius 2 is 2.03 bits per heavy atom. The lowest BCUT2D eigenvalue weighted by Crippen LogP contribution is -2.32. The molecule has 0 radical (unpaired) electrons. The van der Waals surface area contributed by atoms with Gasteiger partial charge < -0.3 is 15.0 Å². The van der Waals surface area contributed by atoms with Crippen LogP contribution < -0.4 is 15.6 Å². The maximum absolute atomic E-state index is 13.2. The van der Waals surface area contributed by atoms with Gasteiger partial charge in [0.2, 0.25) is 0 Å². The maximum atomic E-state index is 13.2. The Morgan fingerprint density at radius 3 is 2.80 bits per heavy atom. The zero-order valence-electron chi connectivity index (χ0n) is 17.6. The van der Waals surface area contributed by atoms with Crippen LogP contribution in [0, 0.1) is 5.92 Å². The first-order chi connectivity index (χ1) is 14.5. The number of thioether (sulfide) groups is 1. The van der Waals surface area contributed by atoms with Crippen molar-refractivity contribution in [3.05, 3.63) is 57.0 Å². The summed E-state index contributed by atoms with van der Waals surface area (Å²) in [7, 11) is 1.61. The molecule has 2 aromatic rings. The molecule has 1 aromatic heterocycles. The van der Waals surface area contributed by atoms with Crippen LogP contribution >= 0.6 is 11.8 Å². The molecule has 0 fully saturated rings. The van der Waals surface area contributed by atoms with Crippen LogP contribution in [-0.2, 0) is 4.79 Å². The van der Waals surface area contributed by atoms with Crippen molar-refractivity contribution in [2.45, 2.75) is 50.6 Å². The largest absolute Gasteiger partial charge is 0.496 e. The number of hydrogen-bond donors (Lipinski definition) is 2. The lowest BCUT2D eigenvalue weighted by molar-refractivity contribution is -0.116. The van der Waals surface area contributed by atoms with Crippen LogP contribution in [0.1, 0.15) is 56.6 Å². The molecule has 1 aromatic carbocycles. The van der Waals surface area contributed by atoms with Crippen molar-refractivity contribution in [1.82, 2.24) is 9.97 Å². The maximum Gasteiger partial charge on any atom is 0.257 e. The predicted molar refractivity (Wildman–Crippen MR) is 119 cm³/mol. The Balaban J connectivity index is 1.83. The van der Waals surface area contributed by atoms with Gasteiger partial charge in [-0.15, -0.1) is 0 Å². The SMILES string of the molecule is COc1ccccc1C1C2=C(CCCC2=O)Nc2nc(SCCC(C)C)[nH]c(=O)c21. The van der Waals surface area contributed by atoms with Gasteiger partial charge in [0.05, 0.1) is 18.6 Å². The third kappa shape index (κ3) is 3.90. The van der Waals surface area contributed by atoms with Crippen LogP contribution in [0.5, 0.6) is 5.75 Å². The predicted octanol–water partition coefficient (Wildman–Crippen LogP) is 4.48. The molecule has 1 atom stereocenters. The average Bonchev–Trinajstić information content (AvgIpc) is 2.72. The van der Waals surface area contributed by atoms with Crippen LogP contribution in [0.3, 0.4) is 0 Å². The van der Waals surface area contributed by atoms with Gasteiger partial charge >= 0.3 is 0 Å². The van der Waals surface area contributed by atoms with Crippen molar-refractivity contribution in [3.63, 3.8) is 0 Å². The number of aromatic nitrogens is 2. The van der Waals surface area contributed by atoms with Gasteiger partial charge in [-0.3, -0.25) is 9.59 Å². The number of benzene rings is 1.